The number of aromatic hydroxyl groups is 1. The van der Waals surface area contributed by atoms with Gasteiger partial charge in [0.1, 0.15) is 5.75 Å². The van der Waals surface area contributed by atoms with Crippen molar-refractivity contribution in [3.05, 3.63) is 58.1 Å². The van der Waals surface area contributed by atoms with Gasteiger partial charge >= 0.3 is 0 Å². The molecular weight excluding hydrogens is 324 g/mol. The number of benzene rings is 2. The van der Waals surface area contributed by atoms with Gasteiger partial charge in [0.15, 0.2) is 0 Å². The van der Waals surface area contributed by atoms with E-state index in [9.17, 15) is 9.90 Å². The van der Waals surface area contributed by atoms with Gasteiger partial charge in [0, 0.05) is 36.7 Å². The average molecular weight is 346 g/mol. The van der Waals surface area contributed by atoms with E-state index in [0.29, 0.717) is 11.7 Å². The summed E-state index contributed by atoms with van der Waals surface area (Å²) in [4.78, 5) is 19.7. The Morgan fingerprint density at radius 2 is 2.12 bits per heavy atom. The van der Waals surface area contributed by atoms with Crippen LogP contribution in [0.15, 0.2) is 35.3 Å². The summed E-state index contributed by atoms with van der Waals surface area (Å²) in [6.07, 6.45) is 5.73. The summed E-state index contributed by atoms with van der Waals surface area (Å²) in [7, 11) is 0. The Bertz CT molecular complexity index is 947. The number of phenolic OH excluding ortho intramolecular Hbond substituents is 1. The van der Waals surface area contributed by atoms with E-state index in [1.807, 2.05) is 37.4 Å². The number of aliphatic imine (C=N–C) groups is 1. The van der Waals surface area contributed by atoms with Crippen LogP contribution in [-0.2, 0) is 12.8 Å². The first kappa shape index (κ1) is 15.6. The maximum absolute atomic E-state index is 13.3. The van der Waals surface area contributed by atoms with Crippen LogP contribution in [0.25, 0.3) is 0 Å². The molecule has 0 unspecified atom stereocenters. The van der Waals surface area contributed by atoms with Gasteiger partial charge in [-0.25, -0.2) is 0 Å². The quantitative estimate of drug-likeness (QED) is 0.851. The Hall–Kier alpha value is -2.62. The molecule has 1 fully saturated rings. The monoisotopic (exact) mass is 346 g/mol. The van der Waals surface area contributed by atoms with Crippen molar-refractivity contribution in [2.45, 2.75) is 44.6 Å². The predicted octanol–water partition coefficient (Wildman–Crippen LogP) is 3.90. The van der Waals surface area contributed by atoms with E-state index in [2.05, 4.69) is 16.0 Å². The molecule has 0 spiro atoms. The van der Waals surface area contributed by atoms with Crippen LogP contribution >= 0.6 is 0 Å². The predicted molar refractivity (Wildman–Crippen MR) is 102 cm³/mol. The van der Waals surface area contributed by atoms with Crippen LogP contribution in [0.5, 0.6) is 5.75 Å². The molecule has 2 atom stereocenters. The molecule has 132 valence electrons. The molecule has 1 amide bonds. The van der Waals surface area contributed by atoms with Gasteiger partial charge in [-0.1, -0.05) is 12.1 Å². The molecule has 0 saturated carbocycles. The van der Waals surface area contributed by atoms with Gasteiger partial charge in [0.25, 0.3) is 5.91 Å². The Morgan fingerprint density at radius 1 is 1.23 bits per heavy atom. The van der Waals surface area contributed by atoms with Gasteiger partial charge in [0.05, 0.1) is 5.69 Å². The molecule has 4 nitrogen and oxygen atoms in total. The van der Waals surface area contributed by atoms with Crippen LogP contribution in [-0.4, -0.2) is 34.7 Å². The fourth-order valence-corrected chi connectivity index (χ4v) is 4.84. The number of piperidine rings is 1. The van der Waals surface area contributed by atoms with Crippen molar-refractivity contribution in [3.63, 3.8) is 0 Å². The third kappa shape index (κ3) is 2.28. The number of hydrogen-bond acceptors (Lipinski definition) is 3. The lowest BCUT2D eigenvalue weighted by Gasteiger charge is -2.38. The van der Waals surface area contributed by atoms with Crippen molar-refractivity contribution in [2.24, 2.45) is 4.99 Å². The van der Waals surface area contributed by atoms with Crippen molar-refractivity contribution >= 4 is 17.8 Å². The van der Waals surface area contributed by atoms with E-state index in [1.54, 1.807) is 0 Å². The molecule has 0 radical (unpaired) electrons. The summed E-state index contributed by atoms with van der Waals surface area (Å²) < 4.78 is 0. The van der Waals surface area contributed by atoms with Crippen molar-refractivity contribution in [2.75, 3.05) is 6.54 Å². The number of rotatable bonds is 1. The average Bonchev–Trinajstić information content (AvgIpc) is 3.25. The molecule has 1 N–H and O–H groups in total. The largest absolute Gasteiger partial charge is 0.508 e. The number of carbonyl (C=O) groups excluding carboxylic acids is 1. The third-order valence-electron chi connectivity index (χ3n) is 6.20. The molecule has 0 aromatic heterocycles. The van der Waals surface area contributed by atoms with Crippen LogP contribution in [0.4, 0.5) is 5.69 Å². The third-order valence-corrected chi connectivity index (χ3v) is 6.20. The summed E-state index contributed by atoms with van der Waals surface area (Å²) in [5.74, 6) is 0.810. The van der Waals surface area contributed by atoms with Gasteiger partial charge < -0.3 is 10.0 Å². The van der Waals surface area contributed by atoms with E-state index in [0.717, 1.165) is 49.0 Å². The first-order valence-corrected chi connectivity index (χ1v) is 9.40. The van der Waals surface area contributed by atoms with Gasteiger partial charge in [-0.2, -0.15) is 0 Å². The van der Waals surface area contributed by atoms with Gasteiger partial charge in [-0.05, 0) is 66.6 Å². The molecule has 2 aromatic carbocycles. The maximum Gasteiger partial charge on any atom is 0.254 e. The highest BCUT2D eigenvalue weighted by molar-refractivity contribution is 5.96. The normalized spacial score (nSPS) is 22.9. The molecule has 0 bridgehead atoms. The van der Waals surface area contributed by atoms with E-state index < -0.39 is 0 Å². The number of phenols is 1. The number of likely N-dealkylation sites (tertiary alicyclic amines) is 1. The fourth-order valence-electron chi connectivity index (χ4n) is 4.84. The molecule has 1 saturated heterocycles. The summed E-state index contributed by atoms with van der Waals surface area (Å²) in [6.45, 7) is 2.74. The molecule has 2 heterocycles. The van der Waals surface area contributed by atoms with Crippen LogP contribution in [0.2, 0.25) is 0 Å². The molecule has 2 aromatic rings. The smallest absolute Gasteiger partial charge is 0.254 e. The Kier molecular flexibility index (Phi) is 3.42. The Morgan fingerprint density at radius 3 is 3.00 bits per heavy atom. The second kappa shape index (κ2) is 5.70. The summed E-state index contributed by atoms with van der Waals surface area (Å²) in [5, 5.41) is 10.1. The van der Waals surface area contributed by atoms with Gasteiger partial charge in [-0.15, -0.1) is 0 Å². The van der Waals surface area contributed by atoms with Crippen molar-refractivity contribution in [1.29, 1.82) is 0 Å². The lowest BCUT2D eigenvalue weighted by molar-refractivity contribution is 0.0595. The minimum Gasteiger partial charge on any atom is -0.508 e. The van der Waals surface area contributed by atoms with Crippen LogP contribution in [0.3, 0.4) is 0 Å². The second-order valence-electron chi connectivity index (χ2n) is 7.72. The van der Waals surface area contributed by atoms with Crippen LogP contribution < -0.4 is 0 Å². The van der Waals surface area contributed by atoms with E-state index in [-0.39, 0.29) is 11.9 Å². The lowest BCUT2D eigenvalue weighted by Crippen LogP contribution is -2.46. The molecule has 4 heteroatoms. The summed E-state index contributed by atoms with van der Waals surface area (Å²) in [5.41, 5.74) is 6.29. The number of hydrogen-bond donors (Lipinski definition) is 1. The number of aryl methyl sites for hydroxylation is 1. The zero-order chi connectivity index (χ0) is 17.8. The van der Waals surface area contributed by atoms with Crippen LogP contribution in [0, 0.1) is 6.92 Å². The zero-order valence-corrected chi connectivity index (χ0v) is 14.9. The van der Waals surface area contributed by atoms with Crippen molar-refractivity contribution in [3.8, 4) is 5.75 Å². The molecule has 5 rings (SSSR count). The number of amides is 1. The van der Waals surface area contributed by atoms with E-state index in [1.165, 1.54) is 16.7 Å². The Labute approximate surface area is 153 Å². The van der Waals surface area contributed by atoms with Gasteiger partial charge in [0.2, 0.25) is 0 Å². The maximum atomic E-state index is 13.3. The number of fused-ring (bicyclic) bond motifs is 4. The van der Waals surface area contributed by atoms with Crippen molar-refractivity contribution < 1.29 is 9.90 Å². The summed E-state index contributed by atoms with van der Waals surface area (Å²) in [6, 6.07) is 10.1. The minimum atomic E-state index is 0.110. The molecular formula is C22H22N2O2. The van der Waals surface area contributed by atoms with Crippen molar-refractivity contribution in [1.82, 2.24) is 4.90 Å². The highest BCUT2D eigenvalue weighted by Gasteiger charge is 2.41. The standard InChI is InChI=1S/C22H22N2O2/c1-13-9-16-11-20-17(18(16)12-21(13)25)3-2-8-24(20)22(26)15-5-4-14-6-7-23-19(14)10-15/h4-5,7,9-10,12,17,20,25H,2-3,6,8,11H2,1H3/t17-,20+/m1/s1. The lowest BCUT2D eigenvalue weighted by atomic mass is 9.88. The highest BCUT2D eigenvalue weighted by Crippen LogP contribution is 2.44. The fraction of sp³-hybridized carbons (Fsp3) is 0.364. The van der Waals surface area contributed by atoms with Crippen LogP contribution in [0.1, 0.15) is 51.4 Å². The first-order chi connectivity index (χ1) is 12.6. The van der Waals surface area contributed by atoms with Gasteiger partial charge in [-0.3, -0.25) is 9.79 Å². The molecule has 1 aliphatic carbocycles. The molecule has 26 heavy (non-hydrogen) atoms. The van der Waals surface area contributed by atoms with E-state index >= 15 is 0 Å². The second-order valence-corrected chi connectivity index (χ2v) is 7.72. The number of nitrogens with zero attached hydrogens (tertiary/aromatic N) is 2. The molecule has 3 aliphatic rings. The highest BCUT2D eigenvalue weighted by atomic mass is 16.3. The Balaban J connectivity index is 1.47. The summed E-state index contributed by atoms with van der Waals surface area (Å²) >= 11 is 0. The molecule has 2 aliphatic heterocycles. The topological polar surface area (TPSA) is 52.9 Å². The number of carbonyl (C=O) groups is 1. The SMILES string of the molecule is Cc1cc2c(cc1O)[C@H]1CCCN(C(=O)c3ccc4c(c3)N=CC4)[C@H]1C2. The minimum absolute atomic E-state index is 0.110. The van der Waals surface area contributed by atoms with E-state index in [4.69, 9.17) is 0 Å². The first-order valence-electron chi connectivity index (χ1n) is 9.40. The zero-order valence-electron chi connectivity index (χ0n) is 14.9.